The summed E-state index contributed by atoms with van der Waals surface area (Å²) in [6.07, 6.45) is 6.64. The Hall–Kier alpha value is -7.78. The third-order valence-electron chi connectivity index (χ3n) is 10.2. The van der Waals surface area contributed by atoms with Crippen LogP contribution in [0.1, 0.15) is 76.6 Å². The zero-order valence-electron chi connectivity index (χ0n) is 38.1. The molecule has 0 radical (unpaired) electrons. The van der Waals surface area contributed by atoms with Crippen LogP contribution in [0.25, 0.3) is 10.9 Å². The molecule has 0 spiro atoms. The van der Waals surface area contributed by atoms with E-state index in [1.165, 1.54) is 26.4 Å². The lowest BCUT2D eigenvalue weighted by atomic mass is 10.0. The second-order valence-electron chi connectivity index (χ2n) is 15.8. The predicted molar refractivity (Wildman–Crippen MR) is 249 cm³/mol. The van der Waals surface area contributed by atoms with E-state index in [2.05, 4.69) is 51.8 Å². The standard InChI is InChI=1S/C43H59N13O7.C2H4O2/c1-4-5-15-32(52-26(3)57)39(60)51-25(2)38(59)55-36(21-29-23-47-24-50-29)42(63)56-35(19-27-12-7-6-8-13-27)41(62)53-33(17-11-18-48-43(45)46)40(61)54-34(37(44)58)20-28-22-49-31-16-10-9-14-30(28)31;1-2(3)4/h6-10,12-14,16,22-25,32-36,49H,4-5,11,15,17-21H2,1-3H3,(H2,44,58)(H,47,50)(H,51,60)(H,52,57)(H,53,62)(H,54,61)(H,55,59)(H,56,63)(H4,45,46,48);1H3,(H,3,4)/t25-,32-,33-,34-,35+,36-;/m0./s1. The highest BCUT2D eigenvalue weighted by Crippen LogP contribution is 2.19. The van der Waals surface area contributed by atoms with Crippen LogP contribution in [0.3, 0.4) is 0 Å². The number of hydrogen-bond donors (Lipinski definition) is 12. The number of carboxylic acid groups (broad SMARTS) is 1. The van der Waals surface area contributed by atoms with Crippen LogP contribution in [0.5, 0.6) is 0 Å². The highest BCUT2D eigenvalue weighted by atomic mass is 16.4. The van der Waals surface area contributed by atoms with Crippen LogP contribution >= 0.6 is 0 Å². The van der Waals surface area contributed by atoms with Gasteiger partial charge in [0.05, 0.1) is 6.33 Å². The van der Waals surface area contributed by atoms with Gasteiger partial charge in [-0.25, -0.2) is 4.98 Å². The van der Waals surface area contributed by atoms with Crippen LogP contribution in [0, 0.1) is 0 Å². The highest BCUT2D eigenvalue weighted by Gasteiger charge is 2.33. The van der Waals surface area contributed by atoms with Crippen LogP contribution in [-0.2, 0) is 57.6 Å². The van der Waals surface area contributed by atoms with E-state index in [0.717, 1.165) is 29.8 Å². The number of carboxylic acids is 1. The molecule has 0 aliphatic heterocycles. The van der Waals surface area contributed by atoms with Crippen molar-refractivity contribution in [2.75, 3.05) is 6.54 Å². The van der Waals surface area contributed by atoms with Gasteiger partial charge >= 0.3 is 0 Å². The number of aromatic amines is 2. The molecule has 15 N–H and O–H groups in total. The average molecular weight is 930 g/mol. The van der Waals surface area contributed by atoms with Crippen molar-refractivity contribution in [3.8, 4) is 0 Å². The Morgan fingerprint density at radius 1 is 0.672 bits per heavy atom. The van der Waals surface area contributed by atoms with Crippen molar-refractivity contribution in [3.63, 3.8) is 0 Å². The topological polar surface area (TPSA) is 364 Å². The summed E-state index contributed by atoms with van der Waals surface area (Å²) in [6.45, 7) is 5.89. The molecule has 4 aromatic rings. The van der Waals surface area contributed by atoms with Crippen LogP contribution in [0.2, 0.25) is 0 Å². The number of carbonyl (C=O) groups excluding carboxylic acids is 7. The maximum absolute atomic E-state index is 14.3. The molecule has 0 saturated heterocycles. The average Bonchev–Trinajstić information content (AvgIpc) is 3.95. The lowest BCUT2D eigenvalue weighted by Gasteiger charge is -2.27. The minimum atomic E-state index is -1.29. The quantitative estimate of drug-likeness (QED) is 0.0231. The number of para-hydroxylation sites is 1. The second-order valence-corrected chi connectivity index (χ2v) is 15.8. The first kappa shape index (κ1) is 53.6. The van der Waals surface area contributed by atoms with Crippen molar-refractivity contribution >= 4 is 64.2 Å². The van der Waals surface area contributed by atoms with Crippen LogP contribution in [0.15, 0.2) is 78.3 Å². The number of aromatic nitrogens is 3. The van der Waals surface area contributed by atoms with Gasteiger partial charge in [0, 0.05) is 68.6 Å². The van der Waals surface area contributed by atoms with Crippen LogP contribution in [0.4, 0.5) is 0 Å². The summed E-state index contributed by atoms with van der Waals surface area (Å²) in [6, 6.07) is 9.33. The summed E-state index contributed by atoms with van der Waals surface area (Å²) in [5.74, 6) is -5.67. The van der Waals surface area contributed by atoms with E-state index < -0.39 is 83.6 Å². The number of guanidine groups is 1. The van der Waals surface area contributed by atoms with Crippen molar-refractivity contribution in [2.24, 2.45) is 22.2 Å². The van der Waals surface area contributed by atoms with Gasteiger partial charge in [-0.3, -0.25) is 43.3 Å². The molecule has 22 heteroatoms. The van der Waals surface area contributed by atoms with Gasteiger partial charge in [0.2, 0.25) is 41.4 Å². The Bertz CT molecular complexity index is 2290. The van der Waals surface area contributed by atoms with Crippen LogP contribution in [-0.4, -0.2) is 116 Å². The van der Waals surface area contributed by atoms with Crippen molar-refractivity contribution in [2.45, 2.75) is 115 Å². The fourth-order valence-electron chi connectivity index (χ4n) is 6.82. The molecule has 0 saturated carbocycles. The second kappa shape index (κ2) is 27.5. The molecule has 0 aliphatic carbocycles. The Morgan fingerprint density at radius 2 is 1.22 bits per heavy atom. The summed E-state index contributed by atoms with van der Waals surface area (Å²) < 4.78 is 0. The fourth-order valence-corrected chi connectivity index (χ4v) is 6.82. The van der Waals surface area contributed by atoms with E-state index >= 15 is 0 Å². The number of fused-ring (bicyclic) bond motifs is 1. The number of hydrogen-bond acceptors (Lipinski definition) is 10. The van der Waals surface area contributed by atoms with Crippen molar-refractivity contribution < 1.29 is 43.5 Å². The van der Waals surface area contributed by atoms with E-state index in [9.17, 15) is 33.6 Å². The predicted octanol–water partition coefficient (Wildman–Crippen LogP) is -0.313. The third-order valence-corrected chi connectivity index (χ3v) is 10.2. The molecule has 4 rings (SSSR count). The van der Waals surface area contributed by atoms with Gasteiger partial charge in [-0.1, -0.05) is 68.3 Å². The number of imidazole rings is 1. The molecule has 0 fully saturated rings. The Kier molecular flexibility index (Phi) is 22.0. The van der Waals surface area contributed by atoms with Gasteiger partial charge in [-0.2, -0.15) is 0 Å². The van der Waals surface area contributed by atoms with Crippen molar-refractivity contribution in [1.82, 2.24) is 46.9 Å². The molecule has 0 aliphatic rings. The van der Waals surface area contributed by atoms with Gasteiger partial charge in [0.15, 0.2) is 5.96 Å². The van der Waals surface area contributed by atoms with Crippen molar-refractivity contribution in [3.05, 3.63) is 90.1 Å². The molecule has 0 unspecified atom stereocenters. The monoisotopic (exact) mass is 929 g/mol. The molecule has 2 aromatic heterocycles. The Labute approximate surface area is 387 Å². The number of benzene rings is 2. The maximum atomic E-state index is 14.3. The summed E-state index contributed by atoms with van der Waals surface area (Å²) in [4.78, 5) is 117. The van der Waals surface area contributed by atoms with Gasteiger partial charge < -0.3 is 64.2 Å². The summed E-state index contributed by atoms with van der Waals surface area (Å²) in [5.41, 5.74) is 19.5. The highest BCUT2D eigenvalue weighted by molar-refractivity contribution is 5.97. The van der Waals surface area contributed by atoms with E-state index in [4.69, 9.17) is 27.1 Å². The molecule has 67 heavy (non-hydrogen) atoms. The smallest absolute Gasteiger partial charge is 0.300 e. The number of aliphatic imine (C=N–C) groups is 1. The molecule has 0 bridgehead atoms. The number of unbranched alkanes of at least 4 members (excludes halogenated alkanes) is 1. The first-order chi connectivity index (χ1) is 31.9. The zero-order chi connectivity index (χ0) is 49.5. The number of aliphatic carboxylic acids is 1. The van der Waals surface area contributed by atoms with E-state index in [1.807, 2.05) is 31.2 Å². The molecular formula is C45H63N13O9. The first-order valence-corrected chi connectivity index (χ1v) is 21.8. The molecule has 22 nitrogen and oxygen atoms in total. The van der Waals surface area contributed by atoms with Gasteiger partial charge in [0.25, 0.3) is 5.97 Å². The molecular weight excluding hydrogens is 867 g/mol. The number of nitrogens with two attached hydrogens (primary N) is 3. The number of carbonyl (C=O) groups is 8. The molecule has 7 amide bonds. The molecule has 2 aromatic carbocycles. The summed E-state index contributed by atoms with van der Waals surface area (Å²) in [7, 11) is 0. The normalized spacial score (nSPS) is 13.4. The number of nitrogens with one attached hydrogen (secondary N) is 8. The summed E-state index contributed by atoms with van der Waals surface area (Å²) >= 11 is 0. The third kappa shape index (κ3) is 19.1. The number of rotatable bonds is 25. The minimum absolute atomic E-state index is 0.0231. The lowest BCUT2D eigenvalue weighted by molar-refractivity contribution is -0.135. The molecule has 2 heterocycles. The largest absolute Gasteiger partial charge is 0.481 e. The SMILES string of the molecule is CC(=O)O.CCCC[C@H](NC(C)=O)C(=O)N[C@@H](C)C(=O)N[C@@H](Cc1cnc[nH]1)C(=O)N[C@H](Cc1ccccc1)C(=O)N[C@@H](CCCN=C(N)N)C(=O)N[C@@H](Cc1c[nH]c2ccccc12)C(N)=O. The van der Waals surface area contributed by atoms with Gasteiger partial charge in [0.1, 0.15) is 36.3 Å². The maximum Gasteiger partial charge on any atom is 0.300 e. The number of H-pyrrole nitrogens is 2. The van der Waals surface area contributed by atoms with Gasteiger partial charge in [-0.15, -0.1) is 0 Å². The number of amides is 7. The summed E-state index contributed by atoms with van der Waals surface area (Å²) in [5, 5.41) is 24.4. The van der Waals surface area contributed by atoms with Gasteiger partial charge in [-0.05, 0) is 43.4 Å². The van der Waals surface area contributed by atoms with E-state index in [1.54, 1.807) is 36.5 Å². The minimum Gasteiger partial charge on any atom is -0.481 e. The zero-order valence-corrected chi connectivity index (χ0v) is 38.1. The lowest BCUT2D eigenvalue weighted by Crippen LogP contribution is -2.60. The van der Waals surface area contributed by atoms with Crippen molar-refractivity contribution in [1.29, 1.82) is 0 Å². The number of primary amides is 1. The number of nitrogens with zero attached hydrogens (tertiary/aromatic N) is 2. The first-order valence-electron chi connectivity index (χ1n) is 21.8. The van der Waals surface area contributed by atoms with E-state index in [0.29, 0.717) is 24.1 Å². The Morgan fingerprint density at radius 3 is 1.84 bits per heavy atom. The fraction of sp³-hybridized carbons (Fsp3) is 0.422. The van der Waals surface area contributed by atoms with Crippen LogP contribution < -0.4 is 49.1 Å². The molecule has 362 valence electrons. The molecule has 6 atom stereocenters. The Balaban J connectivity index is 0.00000285. The van der Waals surface area contributed by atoms with E-state index in [-0.39, 0.29) is 44.6 Å².